The van der Waals surface area contributed by atoms with Crippen molar-refractivity contribution in [2.75, 3.05) is 9.44 Å². The third-order valence-corrected chi connectivity index (χ3v) is 8.95. The average molecular weight is 660 g/mol. The molecule has 0 unspecified atom stereocenters. The van der Waals surface area contributed by atoms with Crippen LogP contribution in [0.2, 0.25) is 0 Å². The van der Waals surface area contributed by atoms with Crippen LogP contribution in [0.1, 0.15) is 58.2 Å². The highest BCUT2D eigenvalue weighted by atomic mass is 32.2. The minimum absolute atomic E-state index is 0.00534. The first-order valence-corrected chi connectivity index (χ1v) is 17.1. The van der Waals surface area contributed by atoms with Gasteiger partial charge in [-0.2, -0.15) is 0 Å². The number of alkyl carbamates (subject to hydrolysis) is 1. The fourth-order valence-electron chi connectivity index (χ4n) is 4.04. The molecule has 1 atom stereocenters. The summed E-state index contributed by atoms with van der Waals surface area (Å²) in [6.45, 7) is 13.9. The van der Waals surface area contributed by atoms with Gasteiger partial charge < -0.3 is 14.8 Å². The quantitative estimate of drug-likeness (QED) is 0.235. The average Bonchev–Trinajstić information content (AvgIpc) is 2.88. The number of benzene rings is 3. The van der Waals surface area contributed by atoms with Gasteiger partial charge in [-0.15, -0.1) is 0 Å². The van der Waals surface area contributed by atoms with Crippen molar-refractivity contribution >= 4 is 43.5 Å². The maximum atomic E-state index is 13.2. The first-order chi connectivity index (χ1) is 20.6. The Morgan fingerprint density at radius 3 is 1.67 bits per heavy atom. The molecule has 0 heterocycles. The van der Waals surface area contributed by atoms with E-state index in [2.05, 4.69) is 14.8 Å². The van der Waals surface area contributed by atoms with Crippen LogP contribution in [-0.2, 0) is 40.7 Å². The highest BCUT2D eigenvalue weighted by Gasteiger charge is 2.29. The molecule has 0 saturated carbocycles. The number of carbonyl (C=O) groups is 2. The van der Waals surface area contributed by atoms with E-state index in [9.17, 15) is 26.4 Å². The molecule has 0 radical (unpaired) electrons. The highest BCUT2D eigenvalue weighted by Crippen LogP contribution is 2.24. The Bertz CT molecular complexity index is 1740. The zero-order valence-corrected chi connectivity index (χ0v) is 28.4. The number of hydrogen-bond acceptors (Lipinski definition) is 8. The maximum Gasteiger partial charge on any atom is 0.408 e. The van der Waals surface area contributed by atoms with E-state index in [0.717, 1.165) is 11.1 Å². The number of hydrogen-bond donors (Lipinski definition) is 3. The van der Waals surface area contributed by atoms with Gasteiger partial charge in [0.15, 0.2) is 0 Å². The number of carbonyl (C=O) groups excluding carboxylic acids is 2. The molecule has 45 heavy (non-hydrogen) atoms. The normalized spacial score (nSPS) is 13.0. The van der Waals surface area contributed by atoms with Crippen LogP contribution in [0.3, 0.4) is 0 Å². The Morgan fingerprint density at radius 1 is 0.689 bits per heavy atom. The van der Waals surface area contributed by atoms with Crippen molar-refractivity contribution in [1.82, 2.24) is 5.32 Å². The van der Waals surface area contributed by atoms with Crippen molar-refractivity contribution < 1.29 is 35.9 Å². The number of anilines is 2. The number of rotatable bonds is 10. The topological polar surface area (TPSA) is 157 Å². The predicted molar refractivity (Wildman–Crippen MR) is 173 cm³/mol. The summed E-state index contributed by atoms with van der Waals surface area (Å²) >= 11 is 0. The summed E-state index contributed by atoms with van der Waals surface area (Å²) in [6, 6.07) is 15.3. The Balaban J connectivity index is 1.79. The summed E-state index contributed by atoms with van der Waals surface area (Å²) in [5, 5.41) is 2.58. The number of esters is 1. The van der Waals surface area contributed by atoms with Crippen LogP contribution in [0.4, 0.5) is 16.2 Å². The van der Waals surface area contributed by atoms with Crippen LogP contribution in [0.5, 0.6) is 0 Å². The molecule has 3 rings (SSSR count). The Kier molecular flexibility index (Phi) is 10.6. The van der Waals surface area contributed by atoms with E-state index in [0.29, 0.717) is 5.56 Å². The molecule has 1 amide bonds. The van der Waals surface area contributed by atoms with Crippen molar-refractivity contribution in [2.45, 2.75) is 88.8 Å². The minimum atomic E-state index is -4.08. The van der Waals surface area contributed by atoms with Gasteiger partial charge in [-0.3, -0.25) is 9.44 Å². The summed E-state index contributed by atoms with van der Waals surface area (Å²) in [6.07, 6.45) is -0.789. The van der Waals surface area contributed by atoms with Gasteiger partial charge in [-0.25, -0.2) is 26.4 Å². The zero-order valence-electron chi connectivity index (χ0n) is 26.7. The first kappa shape index (κ1) is 35.4. The summed E-state index contributed by atoms with van der Waals surface area (Å²) < 4.78 is 67.6. The molecule has 244 valence electrons. The van der Waals surface area contributed by atoms with E-state index in [-0.39, 0.29) is 27.6 Å². The van der Waals surface area contributed by atoms with Crippen LogP contribution in [0.15, 0.2) is 76.5 Å². The van der Waals surface area contributed by atoms with E-state index < -0.39 is 49.4 Å². The summed E-state index contributed by atoms with van der Waals surface area (Å²) in [4.78, 5) is 25.6. The molecular formula is C32H41N3O8S2. The second-order valence-corrected chi connectivity index (χ2v) is 16.0. The van der Waals surface area contributed by atoms with Gasteiger partial charge in [0.05, 0.1) is 9.79 Å². The molecule has 0 bridgehead atoms. The fraction of sp³-hybridized carbons (Fsp3) is 0.375. The summed E-state index contributed by atoms with van der Waals surface area (Å²) in [5.74, 6) is -0.670. The lowest BCUT2D eigenvalue weighted by Gasteiger charge is -2.26. The molecule has 0 aliphatic rings. The van der Waals surface area contributed by atoms with Gasteiger partial charge in [-0.1, -0.05) is 23.8 Å². The van der Waals surface area contributed by atoms with Crippen molar-refractivity contribution in [3.05, 3.63) is 83.4 Å². The van der Waals surface area contributed by atoms with E-state index >= 15 is 0 Å². The standard InChI is InChI=1S/C32H41N3O8S2/c1-21-9-15-26(16-10-21)44(38,39)34-24-13-17-27(18-14-24)45(40,41)35-25-12-11-22(2)23(19-25)20-28(29(36)42-31(3,4)5)33-30(37)43-32(6,7)8/h9-19,28,34-35H,20H2,1-8H3,(H,33,37)/t28-/m0/s1. The van der Waals surface area contributed by atoms with Crippen LogP contribution in [-0.4, -0.2) is 46.1 Å². The lowest BCUT2D eigenvalue weighted by atomic mass is 10.00. The van der Waals surface area contributed by atoms with E-state index in [1.165, 1.54) is 36.4 Å². The molecule has 3 aromatic rings. The third-order valence-electron chi connectivity index (χ3n) is 6.16. The first-order valence-electron chi connectivity index (χ1n) is 14.2. The lowest BCUT2D eigenvalue weighted by Crippen LogP contribution is -2.47. The van der Waals surface area contributed by atoms with E-state index in [1.807, 2.05) is 6.92 Å². The Labute approximate surface area is 265 Å². The molecular weight excluding hydrogens is 618 g/mol. The number of aryl methyl sites for hydroxylation is 2. The SMILES string of the molecule is Cc1ccc(S(=O)(=O)Nc2ccc(S(=O)(=O)Nc3ccc(C)c(C[C@H](NC(=O)OC(C)(C)C)C(=O)OC(C)(C)C)c3)cc2)cc1. The molecule has 11 nitrogen and oxygen atoms in total. The van der Waals surface area contributed by atoms with Crippen LogP contribution < -0.4 is 14.8 Å². The van der Waals surface area contributed by atoms with Crippen molar-refractivity contribution in [1.29, 1.82) is 0 Å². The van der Waals surface area contributed by atoms with Crippen LogP contribution >= 0.6 is 0 Å². The molecule has 0 spiro atoms. The van der Waals surface area contributed by atoms with Gasteiger partial charge in [0.1, 0.15) is 17.2 Å². The van der Waals surface area contributed by atoms with Gasteiger partial charge in [-0.05, 0) is 115 Å². The number of ether oxygens (including phenoxy) is 2. The molecule has 0 aliphatic carbocycles. The van der Waals surface area contributed by atoms with Gasteiger partial charge in [0, 0.05) is 17.8 Å². The van der Waals surface area contributed by atoms with Crippen molar-refractivity contribution in [3.8, 4) is 0 Å². The fourth-order valence-corrected chi connectivity index (χ4v) is 6.15. The largest absolute Gasteiger partial charge is 0.458 e. The monoisotopic (exact) mass is 659 g/mol. The summed E-state index contributed by atoms with van der Waals surface area (Å²) in [5.41, 5.74) is 1.06. The smallest absolute Gasteiger partial charge is 0.408 e. The third kappa shape index (κ3) is 10.8. The van der Waals surface area contributed by atoms with Gasteiger partial charge >= 0.3 is 12.1 Å². The van der Waals surface area contributed by atoms with Crippen molar-refractivity contribution in [2.24, 2.45) is 0 Å². The second kappa shape index (κ2) is 13.5. The summed E-state index contributed by atoms with van der Waals surface area (Å²) in [7, 11) is -7.94. The van der Waals surface area contributed by atoms with E-state index in [4.69, 9.17) is 9.47 Å². The van der Waals surface area contributed by atoms with Crippen molar-refractivity contribution in [3.63, 3.8) is 0 Å². The number of nitrogens with one attached hydrogen (secondary N) is 3. The molecule has 3 N–H and O–H groups in total. The minimum Gasteiger partial charge on any atom is -0.458 e. The maximum absolute atomic E-state index is 13.2. The molecule has 0 fully saturated rings. The Morgan fingerprint density at radius 2 is 1.16 bits per heavy atom. The van der Waals surface area contributed by atoms with Gasteiger partial charge in [0.2, 0.25) is 0 Å². The van der Waals surface area contributed by atoms with E-state index in [1.54, 1.807) is 78.8 Å². The molecule has 3 aromatic carbocycles. The molecule has 13 heteroatoms. The lowest BCUT2D eigenvalue weighted by molar-refractivity contribution is -0.157. The molecule has 0 aliphatic heterocycles. The second-order valence-electron chi connectivity index (χ2n) is 12.6. The highest BCUT2D eigenvalue weighted by molar-refractivity contribution is 7.93. The Hall–Kier alpha value is -4.10. The zero-order chi connectivity index (χ0) is 33.8. The molecule has 0 aromatic heterocycles. The molecule has 0 saturated heterocycles. The van der Waals surface area contributed by atoms with Crippen LogP contribution in [0, 0.1) is 13.8 Å². The van der Waals surface area contributed by atoms with Gasteiger partial charge in [0.25, 0.3) is 20.0 Å². The van der Waals surface area contributed by atoms with Crippen LogP contribution in [0.25, 0.3) is 0 Å². The predicted octanol–water partition coefficient (Wildman–Crippen LogP) is 5.68. The number of sulfonamides is 2. The number of amides is 1.